The second kappa shape index (κ2) is 11.9. The Labute approximate surface area is 198 Å². The summed E-state index contributed by atoms with van der Waals surface area (Å²) >= 11 is 0. The third kappa shape index (κ3) is 6.48. The van der Waals surface area contributed by atoms with Crippen LogP contribution in [0.4, 0.5) is 4.39 Å². The van der Waals surface area contributed by atoms with Crippen LogP contribution in [-0.4, -0.2) is 39.7 Å². The molecule has 34 heavy (non-hydrogen) atoms. The maximum atomic E-state index is 13.7. The van der Waals surface area contributed by atoms with E-state index < -0.39 is 30.1 Å². The molecule has 0 fully saturated rings. The number of methoxy groups -OCH3 is 1. The molecule has 0 aliphatic heterocycles. The number of halogens is 1. The fourth-order valence-corrected chi connectivity index (χ4v) is 4.03. The van der Waals surface area contributed by atoms with Gasteiger partial charge in [0, 0.05) is 36.4 Å². The number of benzene rings is 1. The maximum absolute atomic E-state index is 13.7. The van der Waals surface area contributed by atoms with Crippen molar-refractivity contribution in [3.05, 3.63) is 63.3 Å². The second-order valence-corrected chi connectivity index (χ2v) is 8.76. The lowest BCUT2D eigenvalue weighted by Crippen LogP contribution is -2.31. The molecule has 0 aliphatic rings. The average Bonchev–Trinajstić information content (AvgIpc) is 2.73. The molecule has 184 valence electrons. The van der Waals surface area contributed by atoms with Gasteiger partial charge in [-0.1, -0.05) is 38.1 Å². The molecule has 7 nitrogen and oxygen atoms in total. The van der Waals surface area contributed by atoms with Crippen molar-refractivity contribution in [2.24, 2.45) is 0 Å². The molecule has 0 saturated carbocycles. The number of carboxylic acids is 1. The van der Waals surface area contributed by atoms with Gasteiger partial charge in [-0.05, 0) is 37.5 Å². The van der Waals surface area contributed by atoms with Gasteiger partial charge in [0.1, 0.15) is 18.0 Å². The van der Waals surface area contributed by atoms with Crippen LogP contribution in [-0.2, 0) is 20.9 Å². The minimum absolute atomic E-state index is 0.0249. The minimum atomic E-state index is -1.25. The van der Waals surface area contributed by atoms with Crippen LogP contribution in [0.5, 0.6) is 0 Å². The van der Waals surface area contributed by atoms with E-state index in [2.05, 4.69) is 0 Å². The molecule has 0 aliphatic carbocycles. The molecule has 1 aromatic heterocycles. The molecule has 0 saturated heterocycles. The number of aromatic nitrogens is 1. The number of nitrogens with zero attached hydrogens (tertiary/aromatic N) is 1. The second-order valence-electron chi connectivity index (χ2n) is 8.76. The van der Waals surface area contributed by atoms with Crippen molar-refractivity contribution in [3.63, 3.8) is 0 Å². The predicted molar refractivity (Wildman–Crippen MR) is 128 cm³/mol. The fraction of sp³-hybridized carbons (Fsp3) is 0.423. The van der Waals surface area contributed by atoms with Crippen LogP contribution < -0.4 is 5.56 Å². The van der Waals surface area contributed by atoms with Crippen molar-refractivity contribution in [2.45, 2.75) is 65.2 Å². The van der Waals surface area contributed by atoms with Crippen molar-refractivity contribution in [1.29, 1.82) is 0 Å². The lowest BCUT2D eigenvalue weighted by atomic mass is 9.89. The molecule has 2 N–H and O–H groups in total. The summed E-state index contributed by atoms with van der Waals surface area (Å²) in [6.45, 7) is 7.71. The van der Waals surface area contributed by atoms with Gasteiger partial charge in [0.05, 0.1) is 18.3 Å². The van der Waals surface area contributed by atoms with Gasteiger partial charge in [0.2, 0.25) is 0 Å². The Kier molecular flexibility index (Phi) is 9.46. The number of aliphatic carboxylic acids is 1. The molecule has 1 atom stereocenters. The smallest absolute Gasteiger partial charge is 0.310 e. The van der Waals surface area contributed by atoms with Crippen LogP contribution in [0.15, 0.2) is 35.1 Å². The van der Waals surface area contributed by atoms with Crippen molar-refractivity contribution >= 4 is 17.8 Å². The lowest BCUT2D eigenvalue weighted by molar-refractivity contribution is -0.140. The first-order valence-electron chi connectivity index (χ1n) is 11.1. The number of rotatable bonds is 11. The summed E-state index contributed by atoms with van der Waals surface area (Å²) < 4.78 is 20.7. The van der Waals surface area contributed by atoms with Crippen LogP contribution in [0.3, 0.4) is 0 Å². The van der Waals surface area contributed by atoms with Gasteiger partial charge in [-0.3, -0.25) is 14.4 Å². The van der Waals surface area contributed by atoms with Gasteiger partial charge in [-0.15, -0.1) is 0 Å². The molecule has 1 heterocycles. The molecular weight excluding hydrogens is 441 g/mol. The van der Waals surface area contributed by atoms with E-state index in [1.54, 1.807) is 22.8 Å². The Balaban J connectivity index is 2.81. The number of ketones is 1. The van der Waals surface area contributed by atoms with E-state index in [9.17, 15) is 23.9 Å². The minimum Gasteiger partial charge on any atom is -0.481 e. The summed E-state index contributed by atoms with van der Waals surface area (Å²) in [7, 11) is 1.48. The predicted octanol–water partition coefficient (Wildman–Crippen LogP) is 4.31. The number of carbonyl (C=O) groups is 2. The third-order valence-electron chi connectivity index (χ3n) is 5.34. The van der Waals surface area contributed by atoms with E-state index >= 15 is 0 Å². The summed E-state index contributed by atoms with van der Waals surface area (Å²) in [5.41, 5.74) is 2.72. The van der Waals surface area contributed by atoms with E-state index in [0.717, 1.165) is 5.69 Å². The Bertz CT molecular complexity index is 1120. The zero-order chi connectivity index (χ0) is 25.6. The highest BCUT2D eigenvalue weighted by atomic mass is 19.1. The SMILES string of the molecule is COCc1c(-c2ccc(F)cc2)c(C=CC(O)CC(=O)CC(=O)O)c(C(C)C)n(C(C)C)c1=O. The first-order chi connectivity index (χ1) is 16.0. The number of hydrogen-bond acceptors (Lipinski definition) is 5. The van der Waals surface area contributed by atoms with Gasteiger partial charge < -0.3 is 19.5 Å². The van der Waals surface area contributed by atoms with Crippen LogP contribution in [0, 0.1) is 5.82 Å². The lowest BCUT2D eigenvalue weighted by Gasteiger charge is -2.26. The van der Waals surface area contributed by atoms with Gasteiger partial charge in [-0.2, -0.15) is 0 Å². The van der Waals surface area contributed by atoms with Gasteiger partial charge in [-0.25, -0.2) is 4.39 Å². The third-order valence-corrected chi connectivity index (χ3v) is 5.34. The number of Topliss-reactive ketones (excluding diaryl/α,β-unsaturated/α-hetero) is 1. The van der Waals surface area contributed by atoms with Crippen molar-refractivity contribution in [3.8, 4) is 11.1 Å². The highest BCUT2D eigenvalue weighted by Crippen LogP contribution is 2.34. The van der Waals surface area contributed by atoms with Gasteiger partial charge in [0.25, 0.3) is 5.56 Å². The molecule has 2 rings (SSSR count). The quantitative estimate of drug-likeness (QED) is 0.471. The normalized spacial score (nSPS) is 12.6. The van der Waals surface area contributed by atoms with Crippen LogP contribution in [0.1, 0.15) is 69.3 Å². The van der Waals surface area contributed by atoms with Crippen molar-refractivity contribution < 1.29 is 28.9 Å². The maximum Gasteiger partial charge on any atom is 0.310 e. The fourth-order valence-electron chi connectivity index (χ4n) is 4.03. The number of aliphatic hydroxyl groups is 1. The Hall–Kier alpha value is -3.10. The number of carboxylic acid groups (broad SMARTS) is 1. The van der Waals surface area contributed by atoms with Crippen LogP contribution in [0.2, 0.25) is 0 Å². The zero-order valence-electron chi connectivity index (χ0n) is 20.2. The molecule has 0 radical (unpaired) electrons. The summed E-state index contributed by atoms with van der Waals surface area (Å²) in [4.78, 5) is 36.1. The highest BCUT2D eigenvalue weighted by Gasteiger charge is 2.24. The zero-order valence-corrected chi connectivity index (χ0v) is 20.2. The van der Waals surface area contributed by atoms with Crippen molar-refractivity contribution in [1.82, 2.24) is 4.57 Å². The summed E-state index contributed by atoms with van der Waals surface area (Å²) in [5, 5.41) is 19.2. The van der Waals surface area contributed by atoms with E-state index in [-0.39, 0.29) is 30.5 Å². The highest BCUT2D eigenvalue weighted by molar-refractivity contribution is 5.95. The number of carbonyl (C=O) groups excluding carboxylic acids is 1. The molecule has 1 unspecified atom stereocenters. The molecule has 0 amide bonds. The topological polar surface area (TPSA) is 106 Å². The molecule has 0 bridgehead atoms. The largest absolute Gasteiger partial charge is 0.481 e. The van der Waals surface area contributed by atoms with E-state index in [1.165, 1.54) is 25.3 Å². The first-order valence-corrected chi connectivity index (χ1v) is 11.1. The van der Waals surface area contributed by atoms with Crippen LogP contribution in [0.25, 0.3) is 17.2 Å². The van der Waals surface area contributed by atoms with E-state index in [1.807, 2.05) is 27.7 Å². The van der Waals surface area contributed by atoms with Gasteiger partial charge in [0.15, 0.2) is 0 Å². The molecule has 0 spiro atoms. The Morgan fingerprint density at radius 2 is 1.76 bits per heavy atom. The first kappa shape index (κ1) is 27.1. The van der Waals surface area contributed by atoms with Gasteiger partial charge >= 0.3 is 5.97 Å². The summed E-state index contributed by atoms with van der Waals surface area (Å²) in [6, 6.07) is 5.61. The Morgan fingerprint density at radius 1 is 1.15 bits per heavy atom. The van der Waals surface area contributed by atoms with E-state index in [4.69, 9.17) is 9.84 Å². The Morgan fingerprint density at radius 3 is 2.26 bits per heavy atom. The number of aliphatic hydroxyl groups excluding tert-OH is 1. The molecule has 8 heteroatoms. The standard InChI is InChI=1S/C26H32FNO6/c1-15(2)25-21(11-10-19(29)12-20(30)13-23(31)32)24(17-6-8-18(27)9-7-17)22(14-34-5)26(33)28(25)16(3)4/h6-11,15-16,19,29H,12-14H2,1-5H3,(H,31,32). The van der Waals surface area contributed by atoms with E-state index in [0.29, 0.717) is 22.3 Å². The number of hydrogen-bond donors (Lipinski definition) is 2. The molecule has 2 aromatic rings. The summed E-state index contributed by atoms with van der Waals surface area (Å²) in [5.74, 6) is -2.35. The van der Waals surface area contributed by atoms with Crippen LogP contribution >= 0.6 is 0 Å². The molecule has 1 aromatic carbocycles. The summed E-state index contributed by atoms with van der Waals surface area (Å²) in [6.07, 6.45) is 0.835. The number of pyridine rings is 1. The average molecular weight is 474 g/mol. The molecular formula is C26H32FNO6. The monoisotopic (exact) mass is 473 g/mol. The number of ether oxygens (including phenoxy) is 1. The van der Waals surface area contributed by atoms with Crippen molar-refractivity contribution in [2.75, 3.05) is 7.11 Å².